The molecular formula is C12H17Cl2N6O4S+. The second-order valence-electron chi connectivity index (χ2n) is 5.27. The summed E-state index contributed by atoms with van der Waals surface area (Å²) in [4.78, 5) is 14.0. The molecule has 0 aromatic carbocycles. The number of quaternary nitrogens is 1. The highest BCUT2D eigenvalue weighted by atomic mass is 35.5. The predicted molar refractivity (Wildman–Crippen MR) is 94.5 cm³/mol. The van der Waals surface area contributed by atoms with Gasteiger partial charge in [-0.05, 0) is 19.9 Å². The molecule has 25 heavy (non-hydrogen) atoms. The number of nitro groups is 1. The molecule has 2 aromatic heterocycles. The third-order valence-electron chi connectivity index (χ3n) is 2.22. The van der Waals surface area contributed by atoms with E-state index in [1.54, 1.807) is 0 Å². The molecule has 2 aromatic rings. The fraction of sp³-hybridized carbons (Fsp3) is 0.333. The molecule has 10 nitrogen and oxygen atoms in total. The van der Waals surface area contributed by atoms with Crippen LogP contribution in [0.15, 0.2) is 18.5 Å². The topological polar surface area (TPSA) is 148 Å². The molecule has 0 aliphatic rings. The van der Waals surface area contributed by atoms with Gasteiger partial charge >= 0.3 is 5.69 Å². The Morgan fingerprint density at radius 2 is 1.92 bits per heavy atom. The van der Waals surface area contributed by atoms with E-state index >= 15 is 0 Å². The van der Waals surface area contributed by atoms with E-state index in [0.717, 1.165) is 17.1 Å². The van der Waals surface area contributed by atoms with Crippen LogP contribution in [0.2, 0.25) is 10.0 Å². The molecule has 0 unspecified atom stereocenters. The average molecular weight is 412 g/mol. The van der Waals surface area contributed by atoms with Crippen molar-refractivity contribution in [1.82, 2.24) is 14.8 Å². The standard InChI is InChI=1S/C9H7Cl2N5O4S.C3H9N/c1-21(19,20)14-9-7(16(17)18)4-13-15(9)8-6(11)2-5(10)3-12-8;1-3(2)4/h2-4,14H,1H3;3H,4H2,1-2H3/p+1. The lowest BCUT2D eigenvalue weighted by molar-refractivity contribution is -0.407. The van der Waals surface area contributed by atoms with E-state index in [1.165, 1.54) is 12.3 Å². The summed E-state index contributed by atoms with van der Waals surface area (Å²) in [5.41, 5.74) is 3.10. The zero-order chi connectivity index (χ0) is 19.4. The van der Waals surface area contributed by atoms with Gasteiger partial charge in [0.1, 0.15) is 6.20 Å². The summed E-state index contributed by atoms with van der Waals surface area (Å²) < 4.78 is 25.6. The summed E-state index contributed by atoms with van der Waals surface area (Å²) in [6, 6.07) is 1.93. The Hall–Kier alpha value is -1.95. The predicted octanol–water partition coefficient (Wildman–Crippen LogP) is 1.49. The second kappa shape index (κ2) is 8.43. The molecule has 0 aliphatic carbocycles. The highest BCUT2D eigenvalue weighted by molar-refractivity contribution is 7.92. The highest BCUT2D eigenvalue weighted by Crippen LogP contribution is 2.30. The van der Waals surface area contributed by atoms with Crippen LogP contribution >= 0.6 is 23.2 Å². The number of aromatic nitrogens is 3. The molecule has 0 fully saturated rings. The molecule has 0 saturated heterocycles. The van der Waals surface area contributed by atoms with E-state index in [1.807, 2.05) is 4.72 Å². The summed E-state index contributed by atoms with van der Waals surface area (Å²) in [6.45, 7) is 4.11. The van der Waals surface area contributed by atoms with Crippen LogP contribution in [0.25, 0.3) is 5.82 Å². The first-order valence-corrected chi connectivity index (χ1v) is 9.41. The molecule has 2 heterocycles. The van der Waals surface area contributed by atoms with E-state index < -0.39 is 20.6 Å². The van der Waals surface area contributed by atoms with Crippen LogP contribution in [0.5, 0.6) is 0 Å². The summed E-state index contributed by atoms with van der Waals surface area (Å²) in [5, 5.41) is 15.0. The maximum atomic E-state index is 11.3. The van der Waals surface area contributed by atoms with Gasteiger partial charge in [0.05, 0.1) is 27.3 Å². The first-order chi connectivity index (χ1) is 11.4. The Morgan fingerprint density at radius 1 is 1.36 bits per heavy atom. The normalized spacial score (nSPS) is 11.0. The molecule has 0 aliphatic heterocycles. The molecular weight excluding hydrogens is 395 g/mol. The number of pyridine rings is 1. The molecule has 0 amide bonds. The summed E-state index contributed by atoms with van der Waals surface area (Å²) >= 11 is 11.7. The van der Waals surface area contributed by atoms with Crippen molar-refractivity contribution >= 4 is 44.7 Å². The van der Waals surface area contributed by atoms with Crippen molar-refractivity contribution in [2.75, 3.05) is 11.0 Å². The Bertz CT molecular complexity index is 866. The molecule has 0 bridgehead atoms. The van der Waals surface area contributed by atoms with E-state index in [4.69, 9.17) is 23.2 Å². The zero-order valence-electron chi connectivity index (χ0n) is 13.6. The van der Waals surface area contributed by atoms with E-state index in [9.17, 15) is 18.5 Å². The van der Waals surface area contributed by atoms with Gasteiger partial charge in [-0.1, -0.05) is 23.2 Å². The number of hydrogen-bond donors (Lipinski definition) is 2. The fourth-order valence-corrected chi connectivity index (χ4v) is 2.47. The van der Waals surface area contributed by atoms with Crippen LogP contribution in [0.1, 0.15) is 13.8 Å². The lowest BCUT2D eigenvalue weighted by Gasteiger charge is -2.08. The van der Waals surface area contributed by atoms with Crippen molar-refractivity contribution in [2.24, 2.45) is 0 Å². The van der Waals surface area contributed by atoms with Gasteiger partial charge in [-0.15, -0.1) is 0 Å². The van der Waals surface area contributed by atoms with Gasteiger partial charge < -0.3 is 5.73 Å². The number of nitrogens with one attached hydrogen (secondary N) is 1. The number of sulfonamides is 1. The summed E-state index contributed by atoms with van der Waals surface area (Å²) in [6.07, 6.45) is 2.99. The van der Waals surface area contributed by atoms with Gasteiger partial charge in [0.25, 0.3) is 0 Å². The molecule has 0 saturated carbocycles. The molecule has 4 N–H and O–H groups in total. The van der Waals surface area contributed by atoms with Crippen LogP contribution in [-0.2, 0) is 10.0 Å². The molecule has 0 radical (unpaired) electrons. The van der Waals surface area contributed by atoms with Crippen LogP contribution in [0, 0.1) is 10.1 Å². The Kier molecular flexibility index (Phi) is 7.11. The van der Waals surface area contributed by atoms with Gasteiger partial charge in [-0.25, -0.2) is 13.4 Å². The molecule has 13 heteroatoms. The minimum absolute atomic E-state index is 0.000293. The van der Waals surface area contributed by atoms with Crippen LogP contribution in [-0.4, -0.2) is 40.4 Å². The van der Waals surface area contributed by atoms with Crippen LogP contribution < -0.4 is 10.5 Å². The average Bonchev–Trinajstić information content (AvgIpc) is 2.79. The van der Waals surface area contributed by atoms with Crippen molar-refractivity contribution in [1.29, 1.82) is 0 Å². The number of anilines is 1. The first kappa shape index (κ1) is 21.1. The van der Waals surface area contributed by atoms with Gasteiger partial charge in [0.2, 0.25) is 15.8 Å². The third-order valence-corrected chi connectivity index (χ3v) is 3.27. The van der Waals surface area contributed by atoms with Crippen molar-refractivity contribution in [2.45, 2.75) is 19.9 Å². The van der Waals surface area contributed by atoms with Gasteiger partial charge in [0, 0.05) is 6.20 Å². The van der Waals surface area contributed by atoms with Crippen molar-refractivity contribution < 1.29 is 19.1 Å². The Balaban J connectivity index is 0.000000705. The quantitative estimate of drug-likeness (QED) is 0.574. The Morgan fingerprint density at radius 3 is 2.36 bits per heavy atom. The van der Waals surface area contributed by atoms with Gasteiger partial charge in [-0.3, -0.25) is 14.8 Å². The van der Waals surface area contributed by atoms with Crippen molar-refractivity contribution in [3.05, 3.63) is 38.6 Å². The Labute approximate surface area is 154 Å². The molecule has 0 spiro atoms. The lowest BCUT2D eigenvalue weighted by atomic mass is 10.4. The molecule has 138 valence electrons. The van der Waals surface area contributed by atoms with Crippen LogP contribution in [0.3, 0.4) is 0 Å². The second-order valence-corrected chi connectivity index (χ2v) is 7.87. The van der Waals surface area contributed by atoms with Crippen LogP contribution in [0.4, 0.5) is 11.5 Å². The van der Waals surface area contributed by atoms with Gasteiger partial charge in [-0.2, -0.15) is 9.78 Å². The maximum absolute atomic E-state index is 11.3. The van der Waals surface area contributed by atoms with E-state index in [2.05, 4.69) is 29.7 Å². The van der Waals surface area contributed by atoms with Crippen molar-refractivity contribution in [3.63, 3.8) is 0 Å². The number of halogens is 2. The lowest BCUT2D eigenvalue weighted by Crippen LogP contribution is -2.57. The minimum atomic E-state index is -3.77. The monoisotopic (exact) mass is 411 g/mol. The maximum Gasteiger partial charge on any atom is 0.332 e. The fourth-order valence-electron chi connectivity index (χ4n) is 1.47. The van der Waals surface area contributed by atoms with Crippen molar-refractivity contribution in [3.8, 4) is 5.82 Å². The number of rotatable bonds is 4. The van der Waals surface area contributed by atoms with Gasteiger partial charge in [0.15, 0.2) is 5.82 Å². The number of hydrogen-bond acceptors (Lipinski definition) is 6. The largest absolute Gasteiger partial charge is 0.356 e. The van der Waals surface area contributed by atoms with E-state index in [-0.39, 0.29) is 21.7 Å². The minimum Gasteiger partial charge on any atom is -0.356 e. The summed E-state index contributed by atoms with van der Waals surface area (Å²) in [7, 11) is -3.77. The summed E-state index contributed by atoms with van der Waals surface area (Å²) in [5.74, 6) is -0.375. The third kappa shape index (κ3) is 6.46. The smallest absolute Gasteiger partial charge is 0.332 e. The van der Waals surface area contributed by atoms with E-state index in [0.29, 0.717) is 6.04 Å². The SMILES string of the molecule is CC(C)[NH3+].CS(=O)(=O)Nc1c([N+](=O)[O-])cnn1-c1ncc(Cl)cc1Cl. The highest BCUT2D eigenvalue weighted by Gasteiger charge is 2.25. The first-order valence-electron chi connectivity index (χ1n) is 6.77. The zero-order valence-corrected chi connectivity index (χ0v) is 15.9. The number of nitrogens with zero attached hydrogens (tertiary/aromatic N) is 4. The molecule has 2 rings (SSSR count). The molecule has 0 atom stereocenters.